The molecule has 1 heterocycles. The number of hydrogen-bond acceptors (Lipinski definition) is 3. The van der Waals surface area contributed by atoms with Gasteiger partial charge in [0.2, 0.25) is 0 Å². The van der Waals surface area contributed by atoms with Crippen LogP contribution in [0.3, 0.4) is 0 Å². The summed E-state index contributed by atoms with van der Waals surface area (Å²) in [7, 11) is 0. The first-order valence-electron chi connectivity index (χ1n) is 9.48. The predicted octanol–water partition coefficient (Wildman–Crippen LogP) is 5.83. The van der Waals surface area contributed by atoms with Gasteiger partial charge in [-0.25, -0.2) is 0 Å². The Bertz CT molecular complexity index is 937. The lowest BCUT2D eigenvalue weighted by atomic mass is 10.1. The number of carbonyl (C=O) groups excluding carboxylic acids is 1. The Morgan fingerprint density at radius 2 is 1.96 bits per heavy atom. The van der Waals surface area contributed by atoms with Crippen LogP contribution in [-0.4, -0.2) is 23.5 Å². The van der Waals surface area contributed by atoms with Crippen molar-refractivity contribution in [3.8, 4) is 5.75 Å². The molecular formula is C23H22ClNO2S. The Kier molecular flexibility index (Phi) is 5.98. The van der Waals surface area contributed by atoms with Crippen LogP contribution >= 0.6 is 22.9 Å². The van der Waals surface area contributed by atoms with Gasteiger partial charge in [-0.1, -0.05) is 29.8 Å². The number of ether oxygens (including phenoxy) is 1. The van der Waals surface area contributed by atoms with Gasteiger partial charge in [0.1, 0.15) is 5.75 Å². The van der Waals surface area contributed by atoms with Crippen LogP contribution < -0.4 is 4.74 Å². The minimum Gasteiger partial charge on any atom is -0.493 e. The lowest BCUT2D eigenvalue weighted by Crippen LogP contribution is -2.32. The average molecular weight is 412 g/mol. The summed E-state index contributed by atoms with van der Waals surface area (Å²) in [5.41, 5.74) is 3.02. The highest BCUT2D eigenvalue weighted by Crippen LogP contribution is 2.30. The van der Waals surface area contributed by atoms with Crippen molar-refractivity contribution >= 4 is 28.8 Å². The molecule has 0 aliphatic heterocycles. The SMILES string of the molecule is O=C(c1cccc(Cl)c1)N(Cc1cccc(OCCc2ccsc2)c1)C1CC1. The topological polar surface area (TPSA) is 29.5 Å². The van der Waals surface area contributed by atoms with Crippen molar-refractivity contribution in [2.45, 2.75) is 31.8 Å². The quantitative estimate of drug-likeness (QED) is 0.466. The number of nitrogens with zero attached hydrogens (tertiary/aromatic N) is 1. The number of thiophene rings is 1. The van der Waals surface area contributed by atoms with E-state index >= 15 is 0 Å². The van der Waals surface area contributed by atoms with Crippen molar-refractivity contribution in [2.75, 3.05) is 6.61 Å². The summed E-state index contributed by atoms with van der Waals surface area (Å²) in [4.78, 5) is 15.0. The highest BCUT2D eigenvalue weighted by atomic mass is 35.5. The summed E-state index contributed by atoms with van der Waals surface area (Å²) < 4.78 is 5.92. The fourth-order valence-electron chi connectivity index (χ4n) is 3.19. The van der Waals surface area contributed by atoms with Gasteiger partial charge in [-0.05, 0) is 71.1 Å². The summed E-state index contributed by atoms with van der Waals surface area (Å²) in [6.45, 7) is 1.23. The monoisotopic (exact) mass is 411 g/mol. The van der Waals surface area contributed by atoms with Crippen molar-refractivity contribution in [3.05, 3.63) is 87.1 Å². The zero-order chi connectivity index (χ0) is 19.3. The number of carbonyl (C=O) groups is 1. The molecule has 1 saturated carbocycles. The molecule has 144 valence electrons. The molecule has 5 heteroatoms. The summed E-state index contributed by atoms with van der Waals surface area (Å²) in [5, 5.41) is 4.82. The molecule has 0 unspecified atom stereocenters. The van der Waals surface area contributed by atoms with E-state index in [1.165, 1.54) is 5.56 Å². The largest absolute Gasteiger partial charge is 0.493 e. The van der Waals surface area contributed by atoms with Crippen LogP contribution in [0.4, 0.5) is 0 Å². The second kappa shape index (κ2) is 8.80. The first-order chi connectivity index (χ1) is 13.7. The fraction of sp³-hybridized carbons (Fsp3) is 0.261. The van der Waals surface area contributed by atoms with Crippen molar-refractivity contribution < 1.29 is 9.53 Å². The lowest BCUT2D eigenvalue weighted by molar-refractivity contribution is 0.0729. The highest BCUT2D eigenvalue weighted by molar-refractivity contribution is 7.07. The van der Waals surface area contributed by atoms with E-state index in [4.69, 9.17) is 16.3 Å². The van der Waals surface area contributed by atoms with Gasteiger partial charge in [-0.2, -0.15) is 11.3 Å². The van der Waals surface area contributed by atoms with Gasteiger partial charge >= 0.3 is 0 Å². The third-order valence-corrected chi connectivity index (χ3v) is 5.78. The molecule has 1 amide bonds. The Morgan fingerprint density at radius 3 is 2.71 bits per heavy atom. The normalized spacial score (nSPS) is 13.3. The van der Waals surface area contributed by atoms with Gasteiger partial charge in [0.15, 0.2) is 0 Å². The zero-order valence-corrected chi connectivity index (χ0v) is 17.1. The van der Waals surface area contributed by atoms with E-state index in [-0.39, 0.29) is 5.91 Å². The van der Waals surface area contributed by atoms with Gasteiger partial charge in [-0.3, -0.25) is 4.79 Å². The van der Waals surface area contributed by atoms with E-state index in [2.05, 4.69) is 16.8 Å². The van der Waals surface area contributed by atoms with Crippen molar-refractivity contribution in [1.29, 1.82) is 0 Å². The third-order valence-electron chi connectivity index (χ3n) is 4.81. The van der Waals surface area contributed by atoms with Crippen LogP contribution in [0.2, 0.25) is 5.02 Å². The molecule has 1 aliphatic carbocycles. The summed E-state index contributed by atoms with van der Waals surface area (Å²) in [6.07, 6.45) is 3.02. The van der Waals surface area contributed by atoms with Gasteiger partial charge in [-0.15, -0.1) is 0 Å². The Morgan fingerprint density at radius 1 is 1.11 bits per heavy atom. The first kappa shape index (κ1) is 19.0. The molecule has 28 heavy (non-hydrogen) atoms. The zero-order valence-electron chi connectivity index (χ0n) is 15.5. The second-order valence-corrected chi connectivity index (χ2v) is 8.27. The predicted molar refractivity (Wildman–Crippen MR) is 114 cm³/mol. The van der Waals surface area contributed by atoms with Gasteiger partial charge in [0.05, 0.1) is 6.61 Å². The summed E-state index contributed by atoms with van der Waals surface area (Å²) in [5.74, 6) is 0.882. The first-order valence-corrected chi connectivity index (χ1v) is 10.8. The standard InChI is InChI=1S/C23H22ClNO2S/c24-20-5-2-4-19(14-20)23(26)25(21-7-8-21)15-18-3-1-6-22(13-18)27-11-9-17-10-12-28-16-17/h1-6,10,12-14,16,21H,7-9,11,15H2. The van der Waals surface area contributed by atoms with Crippen LogP contribution in [0, 0.1) is 0 Å². The molecule has 0 atom stereocenters. The molecule has 3 aromatic rings. The molecule has 1 aromatic heterocycles. The Labute approximate surface area is 174 Å². The molecule has 4 rings (SSSR count). The van der Waals surface area contributed by atoms with Gasteiger partial charge < -0.3 is 9.64 Å². The molecule has 0 saturated heterocycles. The van der Waals surface area contributed by atoms with Crippen LogP contribution in [0.25, 0.3) is 0 Å². The van der Waals surface area contributed by atoms with Gasteiger partial charge in [0.25, 0.3) is 5.91 Å². The number of benzene rings is 2. The molecule has 1 aliphatic rings. The van der Waals surface area contributed by atoms with E-state index in [9.17, 15) is 4.79 Å². The number of rotatable bonds is 8. The van der Waals surface area contributed by atoms with E-state index in [1.807, 2.05) is 41.3 Å². The third kappa shape index (κ3) is 4.94. The maximum absolute atomic E-state index is 13.0. The maximum atomic E-state index is 13.0. The number of amides is 1. The van der Waals surface area contributed by atoms with Crippen molar-refractivity contribution in [3.63, 3.8) is 0 Å². The summed E-state index contributed by atoms with van der Waals surface area (Å²) in [6, 6.07) is 17.7. The minimum absolute atomic E-state index is 0.0359. The molecule has 3 nitrogen and oxygen atoms in total. The Hall–Kier alpha value is -2.30. The fourth-order valence-corrected chi connectivity index (χ4v) is 4.09. The van der Waals surface area contributed by atoms with E-state index < -0.39 is 0 Å². The van der Waals surface area contributed by atoms with Crippen molar-refractivity contribution in [1.82, 2.24) is 4.90 Å². The smallest absolute Gasteiger partial charge is 0.254 e. The molecule has 0 N–H and O–H groups in total. The van der Waals surface area contributed by atoms with E-state index in [1.54, 1.807) is 23.5 Å². The molecule has 0 radical (unpaired) electrons. The second-order valence-electron chi connectivity index (χ2n) is 7.05. The number of halogens is 1. The van der Waals surface area contributed by atoms with Gasteiger partial charge in [0, 0.05) is 29.6 Å². The molecule has 2 aromatic carbocycles. The molecule has 1 fully saturated rings. The van der Waals surface area contributed by atoms with Crippen LogP contribution in [-0.2, 0) is 13.0 Å². The maximum Gasteiger partial charge on any atom is 0.254 e. The number of hydrogen-bond donors (Lipinski definition) is 0. The summed E-state index contributed by atoms with van der Waals surface area (Å²) >= 11 is 7.77. The molecule has 0 bridgehead atoms. The van der Waals surface area contributed by atoms with Crippen LogP contribution in [0.1, 0.15) is 34.3 Å². The average Bonchev–Trinajstić information content (AvgIpc) is 3.41. The van der Waals surface area contributed by atoms with Crippen LogP contribution in [0.5, 0.6) is 5.75 Å². The molecule has 0 spiro atoms. The Balaban J connectivity index is 1.42. The lowest BCUT2D eigenvalue weighted by Gasteiger charge is -2.23. The highest BCUT2D eigenvalue weighted by Gasteiger charge is 2.33. The van der Waals surface area contributed by atoms with E-state index in [0.717, 1.165) is 30.6 Å². The minimum atomic E-state index is 0.0359. The molecular weight excluding hydrogens is 390 g/mol. The van der Waals surface area contributed by atoms with Crippen LogP contribution in [0.15, 0.2) is 65.4 Å². The van der Waals surface area contributed by atoms with E-state index in [0.29, 0.717) is 29.8 Å². The van der Waals surface area contributed by atoms with Crippen molar-refractivity contribution in [2.24, 2.45) is 0 Å².